The van der Waals surface area contributed by atoms with Crippen LogP contribution < -0.4 is 15.5 Å². The highest BCUT2D eigenvalue weighted by atomic mass is 16.2. The molecule has 0 unspecified atom stereocenters. The van der Waals surface area contributed by atoms with Gasteiger partial charge in [0.1, 0.15) is 5.70 Å². The number of pyridine rings is 1. The van der Waals surface area contributed by atoms with Gasteiger partial charge >= 0.3 is 0 Å². The minimum Gasteiger partial charge on any atom is -0.378 e. The van der Waals surface area contributed by atoms with Crippen molar-refractivity contribution < 1.29 is 14.4 Å². The van der Waals surface area contributed by atoms with Crippen LogP contribution >= 0.6 is 0 Å². The van der Waals surface area contributed by atoms with Crippen molar-refractivity contribution in [3.8, 4) is 0 Å². The second kappa shape index (κ2) is 9.58. The zero-order valence-corrected chi connectivity index (χ0v) is 19.2. The van der Waals surface area contributed by atoms with E-state index in [0.29, 0.717) is 22.6 Å². The summed E-state index contributed by atoms with van der Waals surface area (Å²) in [6.07, 6.45) is 1.63. The first kappa shape index (κ1) is 22.7. The van der Waals surface area contributed by atoms with Crippen LogP contribution in [0.1, 0.15) is 18.2 Å². The van der Waals surface area contributed by atoms with Gasteiger partial charge in [0, 0.05) is 44.3 Å². The molecule has 8 nitrogen and oxygen atoms in total. The fourth-order valence-electron chi connectivity index (χ4n) is 3.67. The Kier molecular flexibility index (Phi) is 6.40. The topological polar surface area (TPSA) is 94.6 Å². The molecule has 0 radical (unpaired) electrons. The van der Waals surface area contributed by atoms with Gasteiger partial charge in [0.2, 0.25) is 5.91 Å². The van der Waals surface area contributed by atoms with Crippen LogP contribution in [0.3, 0.4) is 0 Å². The average Bonchev–Trinajstić information content (AvgIpc) is 3.04. The molecule has 172 valence electrons. The minimum atomic E-state index is -0.423. The van der Waals surface area contributed by atoms with E-state index in [1.807, 2.05) is 49.3 Å². The molecule has 2 aromatic carbocycles. The van der Waals surface area contributed by atoms with E-state index in [2.05, 4.69) is 15.6 Å². The number of rotatable bonds is 7. The maximum atomic E-state index is 13.4. The smallest absolute Gasteiger partial charge is 0.278 e. The van der Waals surface area contributed by atoms with Crippen LogP contribution in [0.5, 0.6) is 0 Å². The molecule has 0 spiro atoms. The fourth-order valence-corrected chi connectivity index (χ4v) is 3.67. The van der Waals surface area contributed by atoms with Crippen LogP contribution in [0.2, 0.25) is 0 Å². The lowest BCUT2D eigenvalue weighted by molar-refractivity contribution is -0.137. The third-order valence-electron chi connectivity index (χ3n) is 5.36. The first-order valence-electron chi connectivity index (χ1n) is 10.8. The van der Waals surface area contributed by atoms with Crippen LogP contribution in [0.25, 0.3) is 5.57 Å². The molecule has 4 rings (SSSR count). The number of nitrogens with zero attached hydrogens (tertiary/aromatic N) is 3. The standard InChI is InChI=1S/C26H25N5O3/c1-17(32)28-19-9-7-18(8-10-19)23-24(29-20-11-13-22(14-12-20)30(2)3)26(34)31(25(23)33)16-21-6-4-5-15-27-21/h4-15,29H,16H2,1-3H3,(H,28,32). The molecule has 1 aromatic heterocycles. The summed E-state index contributed by atoms with van der Waals surface area (Å²) in [6, 6.07) is 19.8. The highest BCUT2D eigenvalue weighted by Crippen LogP contribution is 2.32. The summed E-state index contributed by atoms with van der Waals surface area (Å²) >= 11 is 0. The number of aromatic nitrogens is 1. The summed E-state index contributed by atoms with van der Waals surface area (Å²) in [5.74, 6) is -1.02. The number of benzene rings is 2. The Balaban J connectivity index is 1.70. The van der Waals surface area contributed by atoms with Gasteiger partial charge in [-0.3, -0.25) is 24.3 Å². The zero-order valence-electron chi connectivity index (χ0n) is 19.2. The van der Waals surface area contributed by atoms with Crippen molar-refractivity contribution in [1.29, 1.82) is 0 Å². The van der Waals surface area contributed by atoms with E-state index in [0.717, 1.165) is 5.69 Å². The van der Waals surface area contributed by atoms with Gasteiger partial charge < -0.3 is 15.5 Å². The molecule has 1 aliphatic rings. The van der Waals surface area contributed by atoms with E-state index in [1.165, 1.54) is 11.8 Å². The Morgan fingerprint density at radius 1 is 0.912 bits per heavy atom. The fraction of sp³-hybridized carbons (Fsp3) is 0.154. The summed E-state index contributed by atoms with van der Waals surface area (Å²) in [6.45, 7) is 1.49. The molecule has 2 N–H and O–H groups in total. The van der Waals surface area contributed by atoms with Crippen molar-refractivity contribution in [2.75, 3.05) is 29.6 Å². The lowest BCUT2D eigenvalue weighted by atomic mass is 10.0. The van der Waals surface area contributed by atoms with Crippen molar-refractivity contribution in [2.45, 2.75) is 13.5 Å². The number of imide groups is 1. The van der Waals surface area contributed by atoms with E-state index >= 15 is 0 Å². The molecule has 0 fully saturated rings. The normalized spacial score (nSPS) is 13.3. The second-order valence-corrected chi connectivity index (χ2v) is 8.09. The number of hydrogen-bond acceptors (Lipinski definition) is 6. The van der Waals surface area contributed by atoms with Crippen molar-refractivity contribution in [3.05, 3.63) is 89.9 Å². The average molecular weight is 456 g/mol. The van der Waals surface area contributed by atoms with E-state index < -0.39 is 11.8 Å². The maximum absolute atomic E-state index is 13.4. The highest BCUT2D eigenvalue weighted by molar-refractivity contribution is 6.36. The van der Waals surface area contributed by atoms with E-state index in [9.17, 15) is 14.4 Å². The van der Waals surface area contributed by atoms with Gasteiger partial charge in [-0.2, -0.15) is 0 Å². The molecular weight excluding hydrogens is 430 g/mol. The quantitative estimate of drug-likeness (QED) is 0.530. The van der Waals surface area contributed by atoms with Crippen LogP contribution in [-0.2, 0) is 20.9 Å². The number of carbonyl (C=O) groups excluding carboxylic acids is 3. The molecule has 3 amide bonds. The van der Waals surface area contributed by atoms with Crippen molar-refractivity contribution in [2.24, 2.45) is 0 Å². The second-order valence-electron chi connectivity index (χ2n) is 8.09. The van der Waals surface area contributed by atoms with Crippen LogP contribution in [0, 0.1) is 0 Å². The predicted octanol–water partition coefficient (Wildman–Crippen LogP) is 3.50. The first-order valence-corrected chi connectivity index (χ1v) is 10.8. The molecule has 8 heteroatoms. The Hall–Kier alpha value is -4.46. The van der Waals surface area contributed by atoms with Crippen molar-refractivity contribution >= 4 is 40.4 Å². The van der Waals surface area contributed by atoms with E-state index in [4.69, 9.17) is 0 Å². The van der Waals surface area contributed by atoms with Crippen LogP contribution in [-0.4, -0.2) is 41.7 Å². The van der Waals surface area contributed by atoms with Crippen molar-refractivity contribution in [1.82, 2.24) is 9.88 Å². The van der Waals surface area contributed by atoms with Crippen molar-refractivity contribution in [3.63, 3.8) is 0 Å². The lowest BCUT2D eigenvalue weighted by Gasteiger charge is -2.15. The van der Waals surface area contributed by atoms with E-state index in [-0.39, 0.29) is 23.7 Å². The summed E-state index contributed by atoms with van der Waals surface area (Å²) in [4.78, 5) is 45.6. The predicted molar refractivity (Wildman–Crippen MR) is 132 cm³/mol. The molecule has 1 aliphatic heterocycles. The van der Waals surface area contributed by atoms with Gasteiger partial charge in [-0.1, -0.05) is 18.2 Å². The Morgan fingerprint density at radius 3 is 2.18 bits per heavy atom. The Bertz CT molecular complexity index is 1250. The minimum absolute atomic E-state index is 0.0662. The molecule has 0 atom stereocenters. The highest BCUT2D eigenvalue weighted by Gasteiger charge is 2.39. The molecule has 0 saturated carbocycles. The van der Waals surface area contributed by atoms with Gasteiger partial charge in [0.05, 0.1) is 17.8 Å². The summed E-state index contributed by atoms with van der Waals surface area (Å²) in [5.41, 5.74) is 3.96. The molecular formula is C26H25N5O3. The van der Waals surface area contributed by atoms with Gasteiger partial charge in [0.15, 0.2) is 0 Å². The molecule has 0 saturated heterocycles. The van der Waals surface area contributed by atoms with Gasteiger partial charge in [0.25, 0.3) is 11.8 Å². The van der Waals surface area contributed by atoms with Crippen LogP contribution in [0.15, 0.2) is 78.6 Å². The third-order valence-corrected chi connectivity index (χ3v) is 5.36. The molecule has 34 heavy (non-hydrogen) atoms. The Labute approximate surface area is 197 Å². The first-order chi connectivity index (χ1) is 16.3. The maximum Gasteiger partial charge on any atom is 0.278 e. The molecule has 0 bridgehead atoms. The zero-order chi connectivity index (χ0) is 24.2. The Morgan fingerprint density at radius 2 is 1.59 bits per heavy atom. The number of nitrogens with one attached hydrogen (secondary N) is 2. The largest absolute Gasteiger partial charge is 0.378 e. The monoisotopic (exact) mass is 455 g/mol. The van der Waals surface area contributed by atoms with Crippen LogP contribution in [0.4, 0.5) is 17.1 Å². The van der Waals surface area contributed by atoms with Gasteiger partial charge in [-0.15, -0.1) is 0 Å². The number of hydrogen-bond donors (Lipinski definition) is 2. The number of carbonyl (C=O) groups is 3. The van der Waals surface area contributed by atoms with Gasteiger partial charge in [-0.05, 0) is 54.1 Å². The lowest BCUT2D eigenvalue weighted by Crippen LogP contribution is -2.32. The summed E-state index contributed by atoms with van der Waals surface area (Å²) in [7, 11) is 3.89. The SMILES string of the molecule is CC(=O)Nc1ccc(C2=C(Nc3ccc(N(C)C)cc3)C(=O)N(Cc3ccccn3)C2=O)cc1. The molecule has 3 aromatic rings. The summed E-state index contributed by atoms with van der Waals surface area (Å²) < 4.78 is 0. The van der Waals surface area contributed by atoms with E-state index in [1.54, 1.807) is 42.6 Å². The molecule has 0 aliphatic carbocycles. The number of amides is 3. The summed E-state index contributed by atoms with van der Waals surface area (Å²) in [5, 5.41) is 5.86. The number of anilines is 3. The molecule has 2 heterocycles. The third kappa shape index (κ3) is 4.80. The van der Waals surface area contributed by atoms with Gasteiger partial charge in [-0.25, -0.2) is 0 Å².